The summed E-state index contributed by atoms with van der Waals surface area (Å²) >= 11 is 5.77. The maximum atomic E-state index is 10.7. The van der Waals surface area contributed by atoms with Gasteiger partial charge in [-0.05, 0) is 13.0 Å². The zero-order valence-electron chi connectivity index (χ0n) is 9.07. The number of halogens is 1. The molecule has 0 fully saturated rings. The summed E-state index contributed by atoms with van der Waals surface area (Å²) in [5.74, 6) is 0.187. The highest BCUT2D eigenvalue weighted by Crippen LogP contribution is 2.19. The van der Waals surface area contributed by atoms with Crippen molar-refractivity contribution in [2.75, 3.05) is 13.7 Å². The number of carbonyl (C=O) groups is 1. The maximum Gasteiger partial charge on any atom is 0.330 e. The van der Waals surface area contributed by atoms with Crippen LogP contribution in [0, 0.1) is 6.92 Å². The Kier molecular flexibility index (Phi) is 4.79. The van der Waals surface area contributed by atoms with Crippen molar-refractivity contribution in [2.45, 2.75) is 6.92 Å². The molecular formula is C11H12ClNO3. The summed E-state index contributed by atoms with van der Waals surface area (Å²) in [5.41, 5.74) is 0.746. The Labute approximate surface area is 98.8 Å². The summed E-state index contributed by atoms with van der Waals surface area (Å²) in [7, 11) is 1.32. The topological polar surface area (TPSA) is 48.4 Å². The fourth-order valence-corrected chi connectivity index (χ4v) is 1.13. The molecule has 1 rings (SSSR count). The maximum absolute atomic E-state index is 10.7. The minimum atomic E-state index is -0.412. The second-order valence-corrected chi connectivity index (χ2v) is 3.41. The van der Waals surface area contributed by atoms with E-state index in [0.29, 0.717) is 10.8 Å². The molecule has 0 aliphatic heterocycles. The standard InChI is InChI=1S/C11H12ClNO3/c1-8-10(6-9(12)7-13-8)16-5-3-4-11(14)15-2/h3-4,6-7H,5H2,1-2H3/b4-3+. The number of pyridine rings is 1. The molecule has 1 aromatic heterocycles. The molecule has 0 radical (unpaired) electrons. The van der Waals surface area contributed by atoms with E-state index < -0.39 is 5.97 Å². The number of hydrogen-bond donors (Lipinski definition) is 0. The Hall–Kier alpha value is -1.55. The van der Waals surface area contributed by atoms with Gasteiger partial charge in [0.2, 0.25) is 0 Å². The number of ether oxygens (including phenoxy) is 2. The molecule has 0 atom stereocenters. The summed E-state index contributed by atoms with van der Waals surface area (Å²) < 4.78 is 9.80. The molecule has 0 amide bonds. The highest BCUT2D eigenvalue weighted by molar-refractivity contribution is 6.30. The fourth-order valence-electron chi connectivity index (χ4n) is 0.985. The summed E-state index contributed by atoms with van der Waals surface area (Å²) in [6.07, 6.45) is 4.41. The zero-order chi connectivity index (χ0) is 12.0. The van der Waals surface area contributed by atoms with E-state index in [1.165, 1.54) is 13.2 Å². The molecule has 0 aliphatic carbocycles. The molecule has 0 saturated heterocycles. The molecule has 0 saturated carbocycles. The lowest BCUT2D eigenvalue weighted by atomic mass is 10.3. The first kappa shape index (κ1) is 12.5. The lowest BCUT2D eigenvalue weighted by Crippen LogP contribution is -1.99. The molecule has 0 N–H and O–H groups in total. The Morgan fingerprint density at radius 1 is 1.62 bits per heavy atom. The van der Waals surface area contributed by atoms with Gasteiger partial charge in [-0.1, -0.05) is 11.6 Å². The van der Waals surface area contributed by atoms with Gasteiger partial charge in [0, 0.05) is 18.3 Å². The summed E-state index contributed by atoms with van der Waals surface area (Å²) in [6.45, 7) is 2.08. The van der Waals surface area contributed by atoms with Crippen LogP contribution in [0.3, 0.4) is 0 Å². The summed E-state index contributed by atoms with van der Waals surface area (Å²) in [5, 5.41) is 0.512. The number of esters is 1. The molecule has 0 bridgehead atoms. The predicted molar refractivity (Wildman–Crippen MR) is 60.6 cm³/mol. The Bertz CT molecular complexity index is 404. The van der Waals surface area contributed by atoms with E-state index in [2.05, 4.69) is 9.72 Å². The largest absolute Gasteiger partial charge is 0.488 e. The van der Waals surface area contributed by atoms with Crippen LogP contribution in [0.15, 0.2) is 24.4 Å². The van der Waals surface area contributed by atoms with Crippen LogP contribution in [-0.2, 0) is 9.53 Å². The van der Waals surface area contributed by atoms with Crippen LogP contribution in [0.4, 0.5) is 0 Å². The van der Waals surface area contributed by atoms with Crippen LogP contribution in [0.1, 0.15) is 5.69 Å². The monoisotopic (exact) mass is 241 g/mol. The normalized spacial score (nSPS) is 10.4. The Morgan fingerprint density at radius 2 is 2.38 bits per heavy atom. The van der Waals surface area contributed by atoms with Gasteiger partial charge in [0.1, 0.15) is 12.4 Å². The van der Waals surface area contributed by atoms with Crippen LogP contribution in [0.25, 0.3) is 0 Å². The van der Waals surface area contributed by atoms with Gasteiger partial charge in [-0.3, -0.25) is 4.98 Å². The number of rotatable bonds is 4. The number of methoxy groups -OCH3 is 1. The molecule has 1 aromatic rings. The lowest BCUT2D eigenvalue weighted by Gasteiger charge is -2.05. The van der Waals surface area contributed by atoms with Crippen molar-refractivity contribution in [3.63, 3.8) is 0 Å². The van der Waals surface area contributed by atoms with Gasteiger partial charge >= 0.3 is 5.97 Å². The first-order chi connectivity index (χ1) is 7.63. The van der Waals surface area contributed by atoms with E-state index in [4.69, 9.17) is 16.3 Å². The van der Waals surface area contributed by atoms with E-state index in [0.717, 1.165) is 5.69 Å². The van der Waals surface area contributed by atoms with Crippen molar-refractivity contribution in [1.82, 2.24) is 4.98 Å². The number of carbonyl (C=O) groups excluding carboxylic acids is 1. The van der Waals surface area contributed by atoms with Crippen molar-refractivity contribution in [3.8, 4) is 5.75 Å². The van der Waals surface area contributed by atoms with Crippen molar-refractivity contribution in [3.05, 3.63) is 35.1 Å². The van der Waals surface area contributed by atoms with Crippen molar-refractivity contribution in [2.24, 2.45) is 0 Å². The lowest BCUT2D eigenvalue weighted by molar-refractivity contribution is -0.134. The van der Waals surface area contributed by atoms with Gasteiger partial charge in [0.15, 0.2) is 0 Å². The molecule has 0 unspecified atom stereocenters. The second-order valence-electron chi connectivity index (χ2n) is 2.97. The molecule has 16 heavy (non-hydrogen) atoms. The minimum absolute atomic E-state index is 0.262. The third-order valence-corrected chi connectivity index (χ3v) is 2.00. The van der Waals surface area contributed by atoms with Gasteiger partial charge in [-0.2, -0.15) is 0 Å². The van der Waals surface area contributed by atoms with Crippen LogP contribution in [0.2, 0.25) is 5.02 Å². The fraction of sp³-hybridized carbons (Fsp3) is 0.273. The third kappa shape index (κ3) is 3.90. The van der Waals surface area contributed by atoms with Gasteiger partial charge in [-0.15, -0.1) is 0 Å². The quantitative estimate of drug-likeness (QED) is 0.599. The highest BCUT2D eigenvalue weighted by Gasteiger charge is 2.00. The van der Waals surface area contributed by atoms with Gasteiger partial charge < -0.3 is 9.47 Å². The molecule has 0 aliphatic rings. The first-order valence-corrected chi connectivity index (χ1v) is 5.00. The summed E-state index contributed by atoms with van der Waals surface area (Å²) in [6, 6.07) is 1.68. The number of hydrogen-bond acceptors (Lipinski definition) is 4. The third-order valence-electron chi connectivity index (χ3n) is 1.80. The van der Waals surface area contributed by atoms with E-state index in [1.54, 1.807) is 18.3 Å². The van der Waals surface area contributed by atoms with Crippen molar-refractivity contribution >= 4 is 17.6 Å². The average Bonchev–Trinajstić information content (AvgIpc) is 2.28. The smallest absolute Gasteiger partial charge is 0.330 e. The molecule has 0 aromatic carbocycles. The van der Waals surface area contributed by atoms with Crippen LogP contribution in [0.5, 0.6) is 5.75 Å². The molecular weight excluding hydrogens is 230 g/mol. The van der Waals surface area contributed by atoms with E-state index in [9.17, 15) is 4.79 Å². The first-order valence-electron chi connectivity index (χ1n) is 4.63. The molecule has 0 spiro atoms. The molecule has 4 nitrogen and oxygen atoms in total. The Balaban J connectivity index is 2.51. The van der Waals surface area contributed by atoms with Crippen molar-refractivity contribution < 1.29 is 14.3 Å². The Morgan fingerprint density at radius 3 is 3.06 bits per heavy atom. The van der Waals surface area contributed by atoms with Crippen LogP contribution in [-0.4, -0.2) is 24.7 Å². The minimum Gasteiger partial charge on any atom is -0.488 e. The van der Waals surface area contributed by atoms with Crippen LogP contribution < -0.4 is 4.74 Å². The summed E-state index contributed by atoms with van der Waals surface area (Å²) in [4.78, 5) is 14.8. The number of nitrogens with zero attached hydrogens (tertiary/aromatic N) is 1. The number of aromatic nitrogens is 1. The van der Waals surface area contributed by atoms with Gasteiger partial charge in [0.05, 0.1) is 17.8 Å². The highest BCUT2D eigenvalue weighted by atomic mass is 35.5. The van der Waals surface area contributed by atoms with Gasteiger partial charge in [0.25, 0.3) is 0 Å². The van der Waals surface area contributed by atoms with Crippen LogP contribution >= 0.6 is 11.6 Å². The van der Waals surface area contributed by atoms with Gasteiger partial charge in [-0.25, -0.2) is 4.79 Å². The van der Waals surface area contributed by atoms with E-state index in [-0.39, 0.29) is 6.61 Å². The zero-order valence-corrected chi connectivity index (χ0v) is 9.82. The SMILES string of the molecule is COC(=O)/C=C/COc1cc(Cl)cnc1C. The number of aryl methyl sites for hydroxylation is 1. The molecule has 86 valence electrons. The average molecular weight is 242 g/mol. The predicted octanol–water partition coefficient (Wildman–Crippen LogP) is 2.15. The molecule has 1 heterocycles. The molecule has 5 heteroatoms. The van der Waals surface area contributed by atoms with Crippen molar-refractivity contribution in [1.29, 1.82) is 0 Å². The van der Waals surface area contributed by atoms with E-state index >= 15 is 0 Å². The second kappa shape index (κ2) is 6.12. The van der Waals surface area contributed by atoms with E-state index in [1.807, 2.05) is 6.92 Å².